The number of benzene rings is 2. The molecular weight excluding hydrogens is 488 g/mol. The number of rotatable bonds is 6. The van der Waals surface area contributed by atoms with Gasteiger partial charge < -0.3 is 20.7 Å². The highest BCUT2D eigenvalue weighted by Gasteiger charge is 2.11. The smallest absolute Gasteiger partial charge is 0.257 e. The number of carbonyl (C=O) groups is 2. The average molecular weight is 509 g/mol. The minimum Gasteiger partial charge on any atom is -0.493 e. The Hall–Kier alpha value is -2.56. The van der Waals surface area contributed by atoms with Gasteiger partial charge in [-0.15, -0.1) is 0 Å². The van der Waals surface area contributed by atoms with Gasteiger partial charge in [0.2, 0.25) is 5.91 Å². The van der Waals surface area contributed by atoms with E-state index in [-0.39, 0.29) is 22.0 Å². The van der Waals surface area contributed by atoms with E-state index in [4.69, 9.17) is 29.2 Å². The predicted octanol–water partition coefficient (Wildman–Crippen LogP) is 4.20. The van der Waals surface area contributed by atoms with Crippen LogP contribution >= 0.6 is 40.4 Å². The highest BCUT2D eigenvalue weighted by atomic mass is 79.9. The molecule has 2 rings (SSSR count). The third-order valence-electron chi connectivity index (χ3n) is 3.70. The zero-order chi connectivity index (χ0) is 22.1. The summed E-state index contributed by atoms with van der Waals surface area (Å²) in [5.41, 5.74) is 1.83. The van der Waals surface area contributed by atoms with Crippen molar-refractivity contribution in [1.29, 1.82) is 0 Å². The van der Waals surface area contributed by atoms with Gasteiger partial charge in [0.1, 0.15) is 5.75 Å². The maximum absolute atomic E-state index is 12.4. The maximum Gasteiger partial charge on any atom is 0.257 e. The van der Waals surface area contributed by atoms with Crippen molar-refractivity contribution < 1.29 is 14.3 Å². The van der Waals surface area contributed by atoms with Crippen LogP contribution in [0.1, 0.15) is 30.6 Å². The summed E-state index contributed by atoms with van der Waals surface area (Å²) in [6.45, 7) is 4.17. The molecule has 0 spiro atoms. The summed E-state index contributed by atoms with van der Waals surface area (Å²) >= 11 is 13.7. The molecule has 0 fully saturated rings. The number of thiocarbonyl (C=S) groups is 2. The highest BCUT2D eigenvalue weighted by molar-refractivity contribution is 9.10. The number of carbonyl (C=O) groups excluding carboxylic acids is 2. The van der Waals surface area contributed by atoms with E-state index in [1.54, 1.807) is 49.4 Å². The van der Waals surface area contributed by atoms with Crippen molar-refractivity contribution in [3.63, 3.8) is 0 Å². The van der Waals surface area contributed by atoms with Crippen LogP contribution < -0.4 is 26.0 Å². The first-order chi connectivity index (χ1) is 14.3. The zero-order valence-electron chi connectivity index (χ0n) is 16.4. The van der Waals surface area contributed by atoms with Crippen molar-refractivity contribution in [3.8, 4) is 5.75 Å². The lowest BCUT2D eigenvalue weighted by Crippen LogP contribution is -2.34. The molecular formula is C20H21BrN4O3S2. The summed E-state index contributed by atoms with van der Waals surface area (Å²) < 4.78 is 6.13. The fourth-order valence-corrected chi connectivity index (χ4v) is 3.20. The second-order valence-electron chi connectivity index (χ2n) is 5.92. The average Bonchev–Trinajstić information content (AvgIpc) is 2.70. The fraction of sp³-hybridized carbons (Fsp3) is 0.200. The lowest BCUT2D eigenvalue weighted by molar-refractivity contribution is -0.119. The third-order valence-corrected chi connectivity index (χ3v) is 4.72. The second-order valence-corrected chi connectivity index (χ2v) is 7.59. The largest absolute Gasteiger partial charge is 0.493 e. The number of nitrogens with one attached hydrogen (secondary N) is 4. The molecule has 2 aromatic rings. The molecule has 0 atom stereocenters. The Morgan fingerprint density at radius 1 is 0.933 bits per heavy atom. The Bertz CT molecular complexity index is 952. The van der Waals surface area contributed by atoms with E-state index in [0.717, 1.165) is 0 Å². The van der Waals surface area contributed by atoms with Gasteiger partial charge in [0.15, 0.2) is 10.2 Å². The molecule has 0 aromatic heterocycles. The molecule has 0 heterocycles. The molecule has 0 radical (unpaired) electrons. The minimum atomic E-state index is -0.341. The molecule has 0 aliphatic carbocycles. The predicted molar refractivity (Wildman–Crippen MR) is 130 cm³/mol. The highest BCUT2D eigenvalue weighted by Crippen LogP contribution is 2.26. The molecule has 0 aliphatic rings. The van der Waals surface area contributed by atoms with Crippen LogP contribution in [0.4, 0.5) is 11.4 Å². The monoisotopic (exact) mass is 508 g/mol. The third kappa shape index (κ3) is 7.36. The summed E-state index contributed by atoms with van der Waals surface area (Å²) in [6, 6.07) is 12.1. The van der Waals surface area contributed by atoms with Crippen LogP contribution in [0.2, 0.25) is 0 Å². The van der Waals surface area contributed by atoms with Crippen molar-refractivity contribution >= 4 is 73.8 Å². The topological polar surface area (TPSA) is 91.5 Å². The van der Waals surface area contributed by atoms with E-state index in [2.05, 4.69) is 37.2 Å². The molecule has 0 saturated heterocycles. The van der Waals surface area contributed by atoms with E-state index in [0.29, 0.717) is 40.2 Å². The number of amides is 2. The van der Waals surface area contributed by atoms with Crippen LogP contribution in [-0.4, -0.2) is 28.6 Å². The SMILES string of the molecule is CCOc1ccc(C(=O)NC(=S)Nc2ccc(NC(=S)NC(=O)CC)cc2)cc1Br. The second kappa shape index (κ2) is 11.6. The van der Waals surface area contributed by atoms with Gasteiger partial charge in [0, 0.05) is 23.4 Å². The summed E-state index contributed by atoms with van der Waals surface area (Å²) in [6.07, 6.45) is 0.349. The van der Waals surface area contributed by atoms with Crippen molar-refractivity contribution in [2.75, 3.05) is 17.2 Å². The van der Waals surface area contributed by atoms with Crippen molar-refractivity contribution in [2.24, 2.45) is 0 Å². The Labute approximate surface area is 194 Å². The quantitative estimate of drug-likeness (QED) is 0.434. The lowest BCUT2D eigenvalue weighted by Gasteiger charge is -2.12. The number of anilines is 2. The van der Waals surface area contributed by atoms with Gasteiger partial charge in [0.05, 0.1) is 11.1 Å². The fourth-order valence-electron chi connectivity index (χ4n) is 2.27. The molecule has 158 valence electrons. The summed E-state index contributed by atoms with van der Waals surface area (Å²) in [7, 11) is 0. The van der Waals surface area contributed by atoms with Gasteiger partial charge in [-0.3, -0.25) is 14.9 Å². The molecule has 10 heteroatoms. The van der Waals surface area contributed by atoms with Gasteiger partial charge >= 0.3 is 0 Å². The first-order valence-corrected chi connectivity index (χ1v) is 10.7. The number of ether oxygens (including phenoxy) is 1. The lowest BCUT2D eigenvalue weighted by atomic mass is 10.2. The van der Waals surface area contributed by atoms with E-state index >= 15 is 0 Å². The Balaban J connectivity index is 1.90. The van der Waals surface area contributed by atoms with E-state index in [1.165, 1.54) is 0 Å². The molecule has 0 unspecified atom stereocenters. The maximum atomic E-state index is 12.4. The number of hydrogen-bond donors (Lipinski definition) is 4. The summed E-state index contributed by atoms with van der Waals surface area (Å²) in [5, 5.41) is 11.4. The molecule has 2 aromatic carbocycles. The Morgan fingerprint density at radius 3 is 2.00 bits per heavy atom. The molecule has 7 nitrogen and oxygen atoms in total. The van der Waals surface area contributed by atoms with E-state index in [9.17, 15) is 9.59 Å². The standard InChI is InChI=1S/C20H21BrN4O3S2/c1-3-17(26)24-19(29)22-13-6-8-14(9-7-13)23-20(30)25-18(27)12-5-10-16(28-4-2)15(21)11-12/h5-11H,3-4H2,1-2H3,(H2,22,24,26,29)(H2,23,25,27,30). The van der Waals surface area contributed by atoms with Gasteiger partial charge in [-0.1, -0.05) is 6.92 Å². The van der Waals surface area contributed by atoms with Gasteiger partial charge in [-0.25, -0.2) is 0 Å². The van der Waals surface area contributed by atoms with Crippen LogP contribution in [0.3, 0.4) is 0 Å². The van der Waals surface area contributed by atoms with Gasteiger partial charge in [-0.05, 0) is 89.8 Å². The normalized spacial score (nSPS) is 9.97. The summed E-state index contributed by atoms with van der Waals surface area (Å²) in [4.78, 5) is 23.7. The van der Waals surface area contributed by atoms with Gasteiger partial charge in [-0.2, -0.15) is 0 Å². The van der Waals surface area contributed by atoms with Crippen molar-refractivity contribution in [1.82, 2.24) is 10.6 Å². The van der Waals surface area contributed by atoms with Crippen LogP contribution in [-0.2, 0) is 4.79 Å². The zero-order valence-corrected chi connectivity index (χ0v) is 19.6. The number of halogens is 1. The van der Waals surface area contributed by atoms with Crippen LogP contribution in [0, 0.1) is 0 Å². The Kier molecular flexibility index (Phi) is 9.15. The van der Waals surface area contributed by atoms with Crippen molar-refractivity contribution in [3.05, 3.63) is 52.5 Å². The minimum absolute atomic E-state index is 0.161. The van der Waals surface area contributed by atoms with Crippen LogP contribution in [0.25, 0.3) is 0 Å². The number of hydrogen-bond acceptors (Lipinski definition) is 5. The van der Waals surface area contributed by atoms with Crippen molar-refractivity contribution in [2.45, 2.75) is 20.3 Å². The van der Waals surface area contributed by atoms with E-state index < -0.39 is 0 Å². The molecule has 0 aliphatic heterocycles. The molecule has 0 saturated carbocycles. The summed E-state index contributed by atoms with van der Waals surface area (Å²) in [5.74, 6) is 0.162. The molecule has 30 heavy (non-hydrogen) atoms. The van der Waals surface area contributed by atoms with E-state index in [1.807, 2.05) is 6.92 Å². The first kappa shape index (κ1) is 23.7. The molecule has 0 bridgehead atoms. The molecule has 4 N–H and O–H groups in total. The Morgan fingerprint density at radius 2 is 1.50 bits per heavy atom. The van der Waals surface area contributed by atoms with Crippen LogP contribution in [0.15, 0.2) is 46.9 Å². The van der Waals surface area contributed by atoms with Crippen LogP contribution in [0.5, 0.6) is 5.75 Å². The molecule has 2 amide bonds. The first-order valence-electron chi connectivity index (χ1n) is 9.08. The van der Waals surface area contributed by atoms with Gasteiger partial charge in [0.25, 0.3) is 5.91 Å².